The topological polar surface area (TPSA) is 58.9 Å². The highest BCUT2D eigenvalue weighted by Gasteiger charge is 2.27. The Morgan fingerprint density at radius 3 is 2.04 bits per heavy atom. The zero-order chi connectivity index (χ0) is 14.8. The van der Waals surface area contributed by atoms with Gasteiger partial charge in [0, 0.05) is 0 Å². The number of hydrogen-bond donors (Lipinski definition) is 2. The molecule has 2 heterocycles. The van der Waals surface area contributed by atoms with Crippen LogP contribution in [0.25, 0.3) is 0 Å². The van der Waals surface area contributed by atoms with E-state index in [1.165, 1.54) is 12.1 Å². The number of benzene rings is 2. The van der Waals surface area contributed by atoms with Crippen LogP contribution in [0.2, 0.25) is 0 Å². The second-order valence-corrected chi connectivity index (χ2v) is 4.87. The van der Waals surface area contributed by atoms with E-state index in [2.05, 4.69) is 0 Å². The quantitative estimate of drug-likeness (QED) is 0.717. The third-order valence-corrected chi connectivity index (χ3v) is 3.49. The van der Waals surface area contributed by atoms with Gasteiger partial charge in [0.25, 0.3) is 0 Å². The predicted molar refractivity (Wildman–Crippen MR) is 91.1 cm³/mol. The second kappa shape index (κ2) is 8.26. The smallest absolute Gasteiger partial charge is 0.423 e. The average Bonchev–Trinajstić information content (AvgIpc) is 3.04. The molecule has 23 heavy (non-hydrogen) atoms. The van der Waals surface area contributed by atoms with E-state index in [1.54, 1.807) is 6.07 Å². The molecule has 0 saturated carbocycles. The summed E-state index contributed by atoms with van der Waals surface area (Å²) < 4.78 is 22.4. The molecular formula is C16H21B2FO4. The van der Waals surface area contributed by atoms with Gasteiger partial charge in [0.15, 0.2) is 0 Å². The summed E-state index contributed by atoms with van der Waals surface area (Å²) in [5.41, 5.74) is 3.40. The maximum absolute atomic E-state index is 12.6. The lowest BCUT2D eigenvalue weighted by atomic mass is 9.80. The van der Waals surface area contributed by atoms with Crippen molar-refractivity contribution in [2.24, 2.45) is 0 Å². The Labute approximate surface area is 137 Å². The van der Waals surface area contributed by atoms with Gasteiger partial charge >= 0.3 is 14.2 Å². The highest BCUT2D eigenvalue weighted by molar-refractivity contribution is 6.61. The highest BCUT2D eigenvalue weighted by Crippen LogP contribution is 2.10. The van der Waals surface area contributed by atoms with Crippen LogP contribution in [0.4, 0.5) is 4.39 Å². The molecule has 4 rings (SSSR count). The Balaban J connectivity index is 0.000000212. The molecule has 0 fully saturated rings. The molecular weight excluding hydrogens is 297 g/mol. The summed E-state index contributed by atoms with van der Waals surface area (Å²) in [6, 6.07) is 11.9. The molecule has 0 aliphatic carbocycles. The minimum absolute atomic E-state index is 0. The van der Waals surface area contributed by atoms with Crippen LogP contribution >= 0.6 is 0 Å². The Kier molecular flexibility index (Phi) is 6.97. The zero-order valence-electron chi connectivity index (χ0n) is 11.2. The fourth-order valence-corrected chi connectivity index (χ4v) is 2.36. The molecule has 0 aromatic heterocycles. The van der Waals surface area contributed by atoms with Crippen molar-refractivity contribution in [3.63, 3.8) is 0 Å². The minimum atomic E-state index is -0.870. The van der Waals surface area contributed by atoms with Crippen LogP contribution in [-0.4, -0.2) is 24.3 Å². The predicted octanol–water partition coefficient (Wildman–Crippen LogP) is 1.22. The summed E-state index contributed by atoms with van der Waals surface area (Å²) in [6.45, 7) is 0.839. The SMILES string of the molecule is C.C.OB1OCc2cc(F)ccc21.OB1OCc2ccccc21. The van der Waals surface area contributed by atoms with Crippen LogP contribution < -0.4 is 10.9 Å². The lowest BCUT2D eigenvalue weighted by molar-refractivity contribution is 0.275. The monoisotopic (exact) mass is 318 g/mol. The largest absolute Gasteiger partial charge is 0.491 e. The van der Waals surface area contributed by atoms with Crippen LogP contribution in [0.5, 0.6) is 0 Å². The highest BCUT2D eigenvalue weighted by atomic mass is 19.1. The van der Waals surface area contributed by atoms with E-state index in [4.69, 9.17) is 19.4 Å². The maximum Gasteiger partial charge on any atom is 0.491 e. The first-order valence-corrected chi connectivity index (χ1v) is 6.60. The summed E-state index contributed by atoms with van der Waals surface area (Å²) in [7, 11) is -1.57. The van der Waals surface area contributed by atoms with Gasteiger partial charge in [-0.15, -0.1) is 0 Å². The Bertz CT molecular complexity index is 654. The molecule has 0 amide bonds. The van der Waals surface area contributed by atoms with Gasteiger partial charge in [0.05, 0.1) is 13.2 Å². The van der Waals surface area contributed by atoms with Crippen LogP contribution in [0.15, 0.2) is 42.5 Å². The lowest BCUT2D eigenvalue weighted by Crippen LogP contribution is -2.27. The number of halogens is 1. The summed E-state index contributed by atoms with van der Waals surface area (Å²) >= 11 is 0. The molecule has 2 N–H and O–H groups in total. The van der Waals surface area contributed by atoms with Crippen LogP contribution in [0.1, 0.15) is 26.0 Å². The second-order valence-electron chi connectivity index (χ2n) is 4.87. The molecule has 4 nitrogen and oxygen atoms in total. The van der Waals surface area contributed by atoms with Gasteiger partial charge in [-0.25, -0.2) is 4.39 Å². The molecule has 7 heteroatoms. The van der Waals surface area contributed by atoms with E-state index >= 15 is 0 Å². The van der Waals surface area contributed by atoms with Crippen molar-refractivity contribution in [2.75, 3.05) is 0 Å². The van der Waals surface area contributed by atoms with Gasteiger partial charge in [-0.3, -0.25) is 0 Å². The molecule has 0 bridgehead atoms. The van der Waals surface area contributed by atoms with E-state index in [0.717, 1.165) is 16.6 Å². The number of rotatable bonds is 0. The summed E-state index contributed by atoms with van der Waals surface area (Å²) in [6.07, 6.45) is 0. The van der Waals surface area contributed by atoms with Gasteiger partial charge in [-0.2, -0.15) is 0 Å². The molecule has 0 saturated heterocycles. The Morgan fingerprint density at radius 2 is 1.39 bits per heavy atom. The third-order valence-electron chi connectivity index (χ3n) is 3.49. The van der Waals surface area contributed by atoms with E-state index in [-0.39, 0.29) is 20.7 Å². The Morgan fingerprint density at radius 1 is 0.826 bits per heavy atom. The van der Waals surface area contributed by atoms with Gasteiger partial charge in [0.1, 0.15) is 5.82 Å². The maximum atomic E-state index is 12.6. The van der Waals surface area contributed by atoms with E-state index < -0.39 is 14.2 Å². The first-order chi connectivity index (χ1) is 10.1. The van der Waals surface area contributed by atoms with Gasteiger partial charge in [-0.1, -0.05) is 45.2 Å². The van der Waals surface area contributed by atoms with E-state index in [9.17, 15) is 4.39 Å². The first kappa shape index (κ1) is 19.4. The normalized spacial score (nSPS) is 14.0. The molecule has 0 atom stereocenters. The molecule has 2 aliphatic heterocycles. The summed E-state index contributed by atoms with van der Waals surface area (Å²) in [5, 5.41) is 18.3. The van der Waals surface area contributed by atoms with Gasteiger partial charge < -0.3 is 19.4 Å². The van der Waals surface area contributed by atoms with Gasteiger partial charge in [0.2, 0.25) is 0 Å². The van der Waals surface area contributed by atoms with Crippen molar-refractivity contribution in [1.29, 1.82) is 0 Å². The summed E-state index contributed by atoms with van der Waals surface area (Å²) in [5.74, 6) is -0.290. The van der Waals surface area contributed by atoms with Crippen LogP contribution in [0.3, 0.4) is 0 Å². The van der Waals surface area contributed by atoms with Crippen molar-refractivity contribution in [2.45, 2.75) is 28.1 Å². The lowest BCUT2D eigenvalue weighted by Gasteiger charge is -1.95. The van der Waals surface area contributed by atoms with Crippen molar-refractivity contribution in [3.05, 3.63) is 59.4 Å². The summed E-state index contributed by atoms with van der Waals surface area (Å²) in [4.78, 5) is 0. The average molecular weight is 318 g/mol. The molecule has 2 aromatic rings. The van der Waals surface area contributed by atoms with Crippen molar-refractivity contribution < 1.29 is 23.7 Å². The van der Waals surface area contributed by atoms with Crippen molar-refractivity contribution in [3.8, 4) is 0 Å². The number of hydrogen-bond acceptors (Lipinski definition) is 4. The third kappa shape index (κ3) is 4.20. The minimum Gasteiger partial charge on any atom is -0.423 e. The van der Waals surface area contributed by atoms with E-state index in [0.29, 0.717) is 18.7 Å². The zero-order valence-corrected chi connectivity index (χ0v) is 11.2. The fourth-order valence-electron chi connectivity index (χ4n) is 2.36. The molecule has 0 radical (unpaired) electrons. The standard InChI is InChI=1S/C7H6BFO2.C7H7BO2.2CH4/c9-6-1-2-7-5(3-6)4-11-8(7)10;9-8-7-4-2-1-3-6(7)5-10-8;;/h1-3,10H,4H2;1-4,9H,5H2;2*1H4. The van der Waals surface area contributed by atoms with Crippen molar-refractivity contribution in [1.82, 2.24) is 0 Å². The fraction of sp³-hybridized carbons (Fsp3) is 0.250. The Hall–Kier alpha value is -1.66. The molecule has 0 spiro atoms. The first-order valence-electron chi connectivity index (χ1n) is 6.60. The molecule has 0 unspecified atom stereocenters. The van der Waals surface area contributed by atoms with Crippen LogP contribution in [-0.2, 0) is 22.5 Å². The van der Waals surface area contributed by atoms with Crippen molar-refractivity contribution >= 4 is 25.2 Å². The molecule has 2 aliphatic rings. The van der Waals surface area contributed by atoms with Crippen LogP contribution in [0, 0.1) is 5.82 Å². The number of fused-ring (bicyclic) bond motifs is 2. The molecule has 122 valence electrons. The molecule has 2 aromatic carbocycles. The van der Waals surface area contributed by atoms with E-state index in [1.807, 2.05) is 24.3 Å². The van der Waals surface area contributed by atoms with Gasteiger partial charge in [-0.05, 0) is 34.2 Å².